The molecule has 1 fully saturated rings. The molecule has 2 N–H and O–H groups in total. The number of aromatic nitrogens is 2. The van der Waals surface area contributed by atoms with Gasteiger partial charge in [-0.25, -0.2) is 4.79 Å². The standard InChI is InChI=1S/C10H16N2O10P2/c13-6-3-9(12-2-1-8(14)11-10(12)15)22-7(6)4-21-24(19,20)5-23(16,17)18/h1-2,6-7,9,13H,3-5H2,(H,19,20)(H,11,14,15)(H2,16,17,18)/p-3/t6-,7+,9+/m0/s1. The van der Waals surface area contributed by atoms with Crippen molar-refractivity contribution in [3.63, 3.8) is 0 Å². The molecule has 4 atom stereocenters. The minimum atomic E-state index is -5.32. The quantitative estimate of drug-likeness (QED) is 0.468. The van der Waals surface area contributed by atoms with E-state index in [9.17, 15) is 38.5 Å². The molecule has 1 saturated heterocycles. The van der Waals surface area contributed by atoms with Gasteiger partial charge in [0.2, 0.25) is 0 Å². The van der Waals surface area contributed by atoms with Crippen LogP contribution in [-0.4, -0.2) is 39.4 Å². The smallest absolute Gasteiger partial charge is 0.330 e. The van der Waals surface area contributed by atoms with Crippen molar-refractivity contribution >= 4 is 15.2 Å². The van der Waals surface area contributed by atoms with Gasteiger partial charge >= 0.3 is 5.69 Å². The molecule has 24 heavy (non-hydrogen) atoms. The molecular formula is C10H13N2O10P2-3. The third-order valence-corrected chi connectivity index (χ3v) is 6.46. The summed E-state index contributed by atoms with van der Waals surface area (Å²) in [6.07, 6.45) is -2.31. The van der Waals surface area contributed by atoms with Crippen LogP contribution in [0.3, 0.4) is 0 Å². The third kappa shape index (κ3) is 5.20. The number of nitrogens with zero attached hydrogens (tertiary/aromatic N) is 1. The molecule has 0 radical (unpaired) electrons. The van der Waals surface area contributed by atoms with E-state index < -0.39 is 57.4 Å². The first-order valence-electron chi connectivity index (χ1n) is 6.57. The number of aromatic amines is 1. The first-order chi connectivity index (χ1) is 11.0. The molecule has 0 saturated carbocycles. The molecule has 2 heterocycles. The Morgan fingerprint density at radius 3 is 2.62 bits per heavy atom. The molecule has 12 nitrogen and oxygen atoms in total. The van der Waals surface area contributed by atoms with Gasteiger partial charge < -0.3 is 38.2 Å². The molecule has 1 aromatic heterocycles. The van der Waals surface area contributed by atoms with Crippen molar-refractivity contribution in [2.24, 2.45) is 0 Å². The van der Waals surface area contributed by atoms with Gasteiger partial charge in [-0.1, -0.05) is 7.60 Å². The van der Waals surface area contributed by atoms with E-state index in [1.807, 2.05) is 4.98 Å². The second kappa shape index (κ2) is 7.03. The van der Waals surface area contributed by atoms with E-state index >= 15 is 0 Å². The second-order valence-electron chi connectivity index (χ2n) is 5.11. The molecule has 0 aliphatic carbocycles. The van der Waals surface area contributed by atoms with E-state index in [0.717, 1.165) is 16.8 Å². The Morgan fingerprint density at radius 2 is 2.04 bits per heavy atom. The van der Waals surface area contributed by atoms with Gasteiger partial charge in [-0.05, 0) is 0 Å². The van der Waals surface area contributed by atoms with Crippen molar-refractivity contribution in [2.75, 3.05) is 12.5 Å². The van der Waals surface area contributed by atoms with Crippen molar-refractivity contribution in [3.8, 4) is 0 Å². The summed E-state index contributed by atoms with van der Waals surface area (Å²) >= 11 is 0. The largest absolute Gasteiger partial charge is 0.810 e. The van der Waals surface area contributed by atoms with Gasteiger partial charge in [0.05, 0.1) is 12.7 Å². The minimum Gasteiger partial charge on any atom is -0.810 e. The summed E-state index contributed by atoms with van der Waals surface area (Å²) in [5, 5.41) is 9.83. The molecule has 136 valence electrons. The van der Waals surface area contributed by atoms with E-state index in [0.29, 0.717) is 0 Å². The molecule has 1 aromatic rings. The highest BCUT2D eigenvalue weighted by atomic mass is 31.2. The first kappa shape index (κ1) is 19.2. The highest BCUT2D eigenvalue weighted by Crippen LogP contribution is 2.48. The summed E-state index contributed by atoms with van der Waals surface area (Å²) < 4.78 is 32.5. The molecule has 0 aromatic carbocycles. The number of ether oxygens (including phenoxy) is 1. The van der Waals surface area contributed by atoms with E-state index in [-0.39, 0.29) is 6.42 Å². The van der Waals surface area contributed by atoms with Crippen LogP contribution in [0.1, 0.15) is 12.6 Å². The van der Waals surface area contributed by atoms with Crippen LogP contribution in [0.15, 0.2) is 21.9 Å². The summed E-state index contributed by atoms with van der Waals surface area (Å²) in [6, 6.07) is 1.06. The van der Waals surface area contributed by atoms with Gasteiger partial charge in [0.15, 0.2) is 0 Å². The molecule has 1 unspecified atom stereocenters. The maximum atomic E-state index is 11.6. The fourth-order valence-corrected chi connectivity index (χ4v) is 4.53. The van der Waals surface area contributed by atoms with Crippen molar-refractivity contribution in [1.29, 1.82) is 0 Å². The SMILES string of the molecule is O=c1ccn([C@H]2C[C@H](O)[C@@H](COP(=O)([O-])CP(=O)([O-])[O-])O2)c(=O)[nH]1. The summed E-state index contributed by atoms with van der Waals surface area (Å²) in [5.74, 6) is -1.69. The molecule has 2 rings (SSSR count). The number of rotatable bonds is 6. The van der Waals surface area contributed by atoms with E-state index in [2.05, 4.69) is 4.52 Å². The number of aliphatic hydroxyl groups excluding tert-OH is 1. The van der Waals surface area contributed by atoms with Crippen molar-refractivity contribution < 1.29 is 38.2 Å². The fraction of sp³-hybridized carbons (Fsp3) is 0.600. The lowest BCUT2D eigenvalue weighted by Crippen LogP contribution is -2.32. The Bertz CT molecular complexity index is 797. The first-order valence-corrected chi connectivity index (χ1v) is 10.0. The van der Waals surface area contributed by atoms with Crippen LogP contribution in [0.4, 0.5) is 0 Å². The Labute approximate surface area is 134 Å². The molecule has 0 amide bonds. The predicted molar refractivity (Wildman–Crippen MR) is 71.9 cm³/mol. The van der Waals surface area contributed by atoms with Gasteiger partial charge in [0.1, 0.15) is 19.9 Å². The van der Waals surface area contributed by atoms with Gasteiger partial charge in [-0.3, -0.25) is 14.3 Å². The number of aliphatic hydroxyl groups is 1. The summed E-state index contributed by atoms with van der Waals surface area (Å²) in [4.78, 5) is 56.9. The van der Waals surface area contributed by atoms with Crippen LogP contribution in [0.2, 0.25) is 0 Å². The molecule has 0 spiro atoms. The number of hydrogen-bond donors (Lipinski definition) is 2. The normalized spacial score (nSPS) is 27.1. The van der Waals surface area contributed by atoms with Crippen LogP contribution in [0, 0.1) is 0 Å². The average Bonchev–Trinajstić information content (AvgIpc) is 2.75. The predicted octanol–water partition coefficient (Wildman–Crippen LogP) is -3.37. The number of nitrogens with one attached hydrogen (secondary N) is 1. The zero-order chi connectivity index (χ0) is 18.1. The highest BCUT2D eigenvalue weighted by molar-refractivity contribution is 7.67. The van der Waals surface area contributed by atoms with E-state index in [1.54, 1.807) is 0 Å². The lowest BCUT2D eigenvalue weighted by molar-refractivity contribution is -0.313. The van der Waals surface area contributed by atoms with Gasteiger partial charge in [-0.15, -0.1) is 0 Å². The molecule has 0 bridgehead atoms. The van der Waals surface area contributed by atoms with Crippen LogP contribution >= 0.6 is 15.2 Å². The van der Waals surface area contributed by atoms with Crippen LogP contribution in [-0.2, 0) is 18.4 Å². The molecule has 14 heteroatoms. The Morgan fingerprint density at radius 1 is 1.38 bits per heavy atom. The molecular weight excluding hydrogens is 370 g/mol. The van der Waals surface area contributed by atoms with Gasteiger partial charge in [-0.2, -0.15) is 0 Å². The third-order valence-electron chi connectivity index (χ3n) is 3.15. The topological polar surface area (TPSA) is 197 Å². The van der Waals surface area contributed by atoms with Gasteiger partial charge in [0.25, 0.3) is 5.56 Å². The number of H-pyrrole nitrogens is 1. The van der Waals surface area contributed by atoms with Gasteiger partial charge in [0, 0.05) is 24.6 Å². The van der Waals surface area contributed by atoms with Crippen molar-refractivity contribution in [2.45, 2.75) is 24.9 Å². The van der Waals surface area contributed by atoms with E-state index in [1.165, 1.54) is 0 Å². The second-order valence-corrected chi connectivity index (χ2v) is 8.94. The summed E-state index contributed by atoms with van der Waals surface area (Å²) in [7, 11) is -10.3. The lowest BCUT2D eigenvalue weighted by atomic mass is 10.2. The molecule has 1 aliphatic heterocycles. The lowest BCUT2D eigenvalue weighted by Gasteiger charge is -2.36. The summed E-state index contributed by atoms with van der Waals surface area (Å²) in [6.45, 7) is -0.726. The van der Waals surface area contributed by atoms with Crippen LogP contribution in [0.25, 0.3) is 0 Å². The molecule has 1 aliphatic rings. The number of hydrogen-bond acceptors (Lipinski definition) is 10. The maximum absolute atomic E-state index is 11.6. The van der Waals surface area contributed by atoms with E-state index in [4.69, 9.17) is 4.74 Å². The zero-order valence-corrected chi connectivity index (χ0v) is 13.8. The Balaban J connectivity index is 2.01. The monoisotopic (exact) mass is 383 g/mol. The Hall–Kier alpha value is -1.10. The summed E-state index contributed by atoms with van der Waals surface area (Å²) in [5.41, 5.74) is -1.41. The van der Waals surface area contributed by atoms with Crippen molar-refractivity contribution in [3.05, 3.63) is 33.1 Å². The van der Waals surface area contributed by atoms with Crippen LogP contribution < -0.4 is 25.9 Å². The Kier molecular flexibility index (Phi) is 5.63. The zero-order valence-electron chi connectivity index (χ0n) is 12.0. The highest BCUT2D eigenvalue weighted by Gasteiger charge is 2.36. The minimum absolute atomic E-state index is 0.0925. The maximum Gasteiger partial charge on any atom is 0.330 e. The fourth-order valence-electron chi connectivity index (χ4n) is 2.13. The average molecular weight is 383 g/mol. The van der Waals surface area contributed by atoms with Crippen LogP contribution in [0.5, 0.6) is 0 Å². The van der Waals surface area contributed by atoms with Crippen molar-refractivity contribution in [1.82, 2.24) is 9.55 Å².